The average molecular weight is 416 g/mol. The molecule has 1 aliphatic rings. The maximum Gasteiger partial charge on any atom is 0.277 e. The first-order valence-corrected chi connectivity index (χ1v) is 9.60. The van der Waals surface area contributed by atoms with Gasteiger partial charge in [-0.2, -0.15) is 0 Å². The van der Waals surface area contributed by atoms with Crippen molar-refractivity contribution in [3.05, 3.63) is 100 Å². The highest BCUT2D eigenvalue weighted by molar-refractivity contribution is 6.31. The summed E-state index contributed by atoms with van der Waals surface area (Å²) in [4.78, 5) is 11.0. The molecule has 0 amide bonds. The summed E-state index contributed by atoms with van der Waals surface area (Å²) in [7, 11) is 0. The van der Waals surface area contributed by atoms with E-state index >= 15 is 0 Å². The Balaban J connectivity index is 1.52. The van der Waals surface area contributed by atoms with Crippen molar-refractivity contribution in [1.82, 2.24) is 0 Å². The molecule has 1 aliphatic heterocycles. The van der Waals surface area contributed by atoms with Gasteiger partial charge in [-0.15, -0.1) is 0 Å². The lowest BCUT2D eigenvalue weighted by molar-refractivity contribution is -0.384. The summed E-state index contributed by atoms with van der Waals surface area (Å²) < 4.78 is 12.1. The highest BCUT2D eigenvalue weighted by Crippen LogP contribution is 2.48. The van der Waals surface area contributed by atoms with Crippen molar-refractivity contribution in [2.75, 3.05) is 0 Å². The van der Waals surface area contributed by atoms with E-state index in [1.54, 1.807) is 24.3 Å². The Labute approximate surface area is 177 Å². The molecule has 0 aliphatic carbocycles. The van der Waals surface area contributed by atoms with E-state index in [0.717, 1.165) is 11.1 Å². The number of hydrogen-bond acceptors (Lipinski definition) is 4. The van der Waals surface area contributed by atoms with Gasteiger partial charge in [-0.3, -0.25) is 10.1 Å². The molecule has 5 rings (SSSR count). The van der Waals surface area contributed by atoms with Gasteiger partial charge in [0, 0.05) is 11.1 Å². The van der Waals surface area contributed by atoms with Gasteiger partial charge in [0.05, 0.1) is 10.5 Å². The lowest BCUT2D eigenvalue weighted by atomic mass is 10.0. The van der Waals surface area contributed by atoms with E-state index < -0.39 is 4.92 Å². The molecule has 0 saturated carbocycles. The van der Waals surface area contributed by atoms with E-state index in [1.807, 2.05) is 48.5 Å². The van der Waals surface area contributed by atoms with E-state index in [-0.39, 0.29) is 5.69 Å². The molecule has 0 fully saturated rings. The molecule has 146 valence electrons. The SMILES string of the molecule is O=[N+]([O-])c1ccc(Cl)cc1-c1ccc2c(c1)Oc1ccc(-c3ccccc3)cc1O2. The fraction of sp³-hybridized carbons (Fsp3) is 0. The van der Waals surface area contributed by atoms with Crippen molar-refractivity contribution in [3.8, 4) is 45.3 Å². The van der Waals surface area contributed by atoms with Crippen molar-refractivity contribution < 1.29 is 14.4 Å². The van der Waals surface area contributed by atoms with Crippen LogP contribution in [0.3, 0.4) is 0 Å². The van der Waals surface area contributed by atoms with Crippen LogP contribution in [-0.4, -0.2) is 4.92 Å². The maximum absolute atomic E-state index is 11.4. The van der Waals surface area contributed by atoms with Gasteiger partial charge in [0.25, 0.3) is 5.69 Å². The molecule has 0 N–H and O–H groups in total. The summed E-state index contributed by atoms with van der Waals surface area (Å²) in [5, 5.41) is 11.8. The summed E-state index contributed by atoms with van der Waals surface area (Å²) in [5.74, 6) is 2.23. The second-order valence-corrected chi connectivity index (χ2v) is 7.25. The predicted octanol–water partition coefficient (Wildman–Crippen LogP) is 7.48. The molecule has 30 heavy (non-hydrogen) atoms. The van der Waals surface area contributed by atoms with E-state index in [4.69, 9.17) is 21.1 Å². The Bertz CT molecular complexity index is 1290. The first-order valence-electron chi connectivity index (χ1n) is 9.22. The lowest BCUT2D eigenvalue weighted by Gasteiger charge is -2.22. The van der Waals surface area contributed by atoms with Crippen LogP contribution in [0, 0.1) is 10.1 Å². The molecule has 0 atom stereocenters. The maximum atomic E-state index is 11.4. The van der Waals surface area contributed by atoms with Crippen LogP contribution in [0.1, 0.15) is 0 Å². The van der Waals surface area contributed by atoms with Crippen LogP contribution in [0.2, 0.25) is 5.02 Å². The third kappa shape index (κ3) is 3.25. The zero-order valence-electron chi connectivity index (χ0n) is 15.5. The smallest absolute Gasteiger partial charge is 0.277 e. The Hall–Kier alpha value is -3.83. The van der Waals surface area contributed by atoms with Crippen molar-refractivity contribution in [2.45, 2.75) is 0 Å². The highest BCUT2D eigenvalue weighted by Gasteiger charge is 2.22. The van der Waals surface area contributed by atoms with Crippen molar-refractivity contribution in [2.24, 2.45) is 0 Å². The van der Waals surface area contributed by atoms with Crippen LogP contribution in [0.15, 0.2) is 84.9 Å². The number of nitrogens with zero attached hydrogens (tertiary/aromatic N) is 1. The number of nitro benzene ring substituents is 1. The molecule has 0 radical (unpaired) electrons. The summed E-state index contributed by atoms with van der Waals surface area (Å²) in [6.45, 7) is 0. The quantitative estimate of drug-likeness (QED) is 0.226. The van der Waals surface area contributed by atoms with Gasteiger partial charge < -0.3 is 9.47 Å². The fourth-order valence-corrected chi connectivity index (χ4v) is 3.63. The first-order chi connectivity index (χ1) is 14.6. The zero-order chi connectivity index (χ0) is 20.7. The van der Waals surface area contributed by atoms with Gasteiger partial charge in [-0.05, 0) is 53.1 Å². The second kappa shape index (κ2) is 7.21. The Kier molecular flexibility index (Phi) is 4.38. The van der Waals surface area contributed by atoms with Gasteiger partial charge in [0.2, 0.25) is 0 Å². The molecular formula is C24H14ClNO4. The second-order valence-electron chi connectivity index (χ2n) is 6.81. The Morgan fingerprint density at radius 2 is 1.30 bits per heavy atom. The van der Waals surface area contributed by atoms with E-state index in [2.05, 4.69) is 0 Å². The highest BCUT2D eigenvalue weighted by atomic mass is 35.5. The minimum absolute atomic E-state index is 0.0241. The molecule has 0 bridgehead atoms. The zero-order valence-corrected chi connectivity index (χ0v) is 16.3. The minimum atomic E-state index is -0.428. The molecule has 4 aromatic rings. The molecular weight excluding hydrogens is 402 g/mol. The first kappa shape index (κ1) is 18.2. The van der Waals surface area contributed by atoms with Crippen LogP contribution in [-0.2, 0) is 0 Å². The largest absolute Gasteiger partial charge is 0.449 e. The topological polar surface area (TPSA) is 61.6 Å². The number of hydrogen-bond donors (Lipinski definition) is 0. The van der Waals surface area contributed by atoms with E-state index in [0.29, 0.717) is 39.1 Å². The Morgan fingerprint density at radius 1 is 0.667 bits per heavy atom. The molecule has 0 saturated heterocycles. The molecule has 0 spiro atoms. The summed E-state index contributed by atoms with van der Waals surface area (Å²) in [5.41, 5.74) is 3.12. The number of ether oxygens (including phenoxy) is 2. The van der Waals surface area contributed by atoms with Crippen LogP contribution in [0.5, 0.6) is 23.0 Å². The molecule has 0 aromatic heterocycles. The molecule has 6 heteroatoms. The van der Waals surface area contributed by atoms with Crippen LogP contribution in [0.4, 0.5) is 5.69 Å². The van der Waals surface area contributed by atoms with Gasteiger partial charge in [-0.25, -0.2) is 0 Å². The third-order valence-electron chi connectivity index (χ3n) is 4.90. The van der Waals surface area contributed by atoms with Gasteiger partial charge in [-0.1, -0.05) is 54.1 Å². The Morgan fingerprint density at radius 3 is 1.97 bits per heavy atom. The molecule has 0 unspecified atom stereocenters. The van der Waals surface area contributed by atoms with Gasteiger partial charge >= 0.3 is 0 Å². The standard InChI is InChI=1S/C24H14ClNO4/c25-18-8-9-20(26(27)28)19(14-18)17-7-11-22-24(13-17)30-21-10-6-16(12-23(21)29-22)15-4-2-1-3-5-15/h1-14H. The van der Waals surface area contributed by atoms with Crippen LogP contribution in [0.25, 0.3) is 22.3 Å². The summed E-state index contributed by atoms with van der Waals surface area (Å²) >= 11 is 6.07. The number of halogens is 1. The fourth-order valence-electron chi connectivity index (χ4n) is 3.46. The van der Waals surface area contributed by atoms with Crippen molar-refractivity contribution >= 4 is 17.3 Å². The number of nitro groups is 1. The number of rotatable bonds is 3. The van der Waals surface area contributed by atoms with Gasteiger partial charge in [0.1, 0.15) is 0 Å². The average Bonchev–Trinajstić information content (AvgIpc) is 2.77. The van der Waals surface area contributed by atoms with Crippen LogP contribution < -0.4 is 9.47 Å². The van der Waals surface area contributed by atoms with Crippen LogP contribution >= 0.6 is 11.6 Å². The minimum Gasteiger partial charge on any atom is -0.449 e. The van der Waals surface area contributed by atoms with Gasteiger partial charge in [0.15, 0.2) is 23.0 Å². The third-order valence-corrected chi connectivity index (χ3v) is 5.14. The normalized spacial score (nSPS) is 11.6. The van der Waals surface area contributed by atoms with Crippen molar-refractivity contribution in [3.63, 3.8) is 0 Å². The van der Waals surface area contributed by atoms with Crippen molar-refractivity contribution in [1.29, 1.82) is 0 Å². The monoisotopic (exact) mass is 415 g/mol. The molecule has 4 aromatic carbocycles. The summed E-state index contributed by atoms with van der Waals surface area (Å²) in [6.07, 6.45) is 0. The molecule has 5 nitrogen and oxygen atoms in total. The van der Waals surface area contributed by atoms with E-state index in [9.17, 15) is 10.1 Å². The molecule has 1 heterocycles. The summed E-state index contributed by atoms with van der Waals surface area (Å²) in [6, 6.07) is 25.5. The number of fused-ring (bicyclic) bond motifs is 2. The van der Waals surface area contributed by atoms with E-state index in [1.165, 1.54) is 12.1 Å². The predicted molar refractivity (Wildman–Crippen MR) is 116 cm³/mol. The lowest BCUT2D eigenvalue weighted by Crippen LogP contribution is -2.00. The number of benzene rings is 4.